The van der Waals surface area contributed by atoms with E-state index in [1.807, 2.05) is 19.1 Å². The van der Waals surface area contributed by atoms with E-state index in [4.69, 9.17) is 0 Å². The van der Waals surface area contributed by atoms with E-state index < -0.39 is 0 Å². The second-order valence-corrected chi connectivity index (χ2v) is 4.88. The maximum atomic E-state index is 9.89. The summed E-state index contributed by atoms with van der Waals surface area (Å²) in [6.45, 7) is 5.91. The Balaban J connectivity index is 2.84. The smallest absolute Gasteiger partial charge is 0.123 e. The van der Waals surface area contributed by atoms with Gasteiger partial charge in [0, 0.05) is 16.6 Å². The lowest BCUT2D eigenvalue weighted by molar-refractivity contribution is 0.320. The molecule has 0 amide bonds. The summed E-state index contributed by atoms with van der Waals surface area (Å²) >= 11 is 3.45. The van der Waals surface area contributed by atoms with E-state index in [1.165, 1.54) is 0 Å². The van der Waals surface area contributed by atoms with Gasteiger partial charge in [-0.25, -0.2) is 0 Å². The fourth-order valence-electron chi connectivity index (χ4n) is 1.68. The minimum Gasteiger partial charge on any atom is -0.507 e. The van der Waals surface area contributed by atoms with Gasteiger partial charge in [0.1, 0.15) is 5.75 Å². The molecule has 0 heterocycles. The minimum absolute atomic E-state index is 0.418. The molecule has 0 aliphatic rings. The first-order valence-electron chi connectivity index (χ1n) is 5.21. The minimum atomic E-state index is 0.418. The van der Waals surface area contributed by atoms with E-state index in [0.717, 1.165) is 35.1 Å². The van der Waals surface area contributed by atoms with Crippen LogP contribution in [-0.2, 0) is 6.54 Å². The Bertz CT molecular complexity index is 339. The van der Waals surface area contributed by atoms with Crippen LogP contribution >= 0.6 is 15.9 Å². The molecule has 0 unspecified atom stereocenters. The summed E-state index contributed by atoms with van der Waals surface area (Å²) in [4.78, 5) is 2.21. The average molecular weight is 272 g/mol. The van der Waals surface area contributed by atoms with E-state index in [2.05, 4.69) is 34.8 Å². The molecule has 0 atom stereocenters. The number of nitrogens with zero attached hydrogens (tertiary/aromatic N) is 1. The number of hydrogen-bond donors (Lipinski definition) is 1. The molecule has 0 radical (unpaired) electrons. The molecule has 15 heavy (non-hydrogen) atoms. The molecule has 1 rings (SSSR count). The molecule has 2 nitrogen and oxygen atoms in total. The van der Waals surface area contributed by atoms with Crippen LogP contribution in [0, 0.1) is 6.92 Å². The standard InChI is InChI=1S/C12H18BrNO/c1-4-5-14(3)8-10-7-11(13)6-9(2)12(10)15/h6-7,15H,4-5,8H2,1-3H3. The number of aryl methyl sites for hydroxylation is 1. The van der Waals surface area contributed by atoms with Gasteiger partial charge in [-0.2, -0.15) is 0 Å². The van der Waals surface area contributed by atoms with Gasteiger partial charge >= 0.3 is 0 Å². The zero-order chi connectivity index (χ0) is 11.4. The molecule has 0 saturated carbocycles. The van der Waals surface area contributed by atoms with Gasteiger partial charge < -0.3 is 10.0 Å². The third-order valence-electron chi connectivity index (χ3n) is 2.39. The topological polar surface area (TPSA) is 23.5 Å². The highest BCUT2D eigenvalue weighted by molar-refractivity contribution is 9.10. The molecular formula is C12H18BrNO. The predicted molar refractivity (Wildman–Crippen MR) is 67.2 cm³/mol. The molecule has 0 spiro atoms. The van der Waals surface area contributed by atoms with Gasteiger partial charge in [-0.1, -0.05) is 22.9 Å². The molecular weight excluding hydrogens is 254 g/mol. The van der Waals surface area contributed by atoms with Crippen molar-refractivity contribution in [3.8, 4) is 5.75 Å². The molecule has 84 valence electrons. The predicted octanol–water partition coefficient (Wildman–Crippen LogP) is 3.30. The van der Waals surface area contributed by atoms with E-state index in [1.54, 1.807) is 0 Å². The van der Waals surface area contributed by atoms with Gasteiger partial charge in [-0.15, -0.1) is 0 Å². The highest BCUT2D eigenvalue weighted by atomic mass is 79.9. The summed E-state index contributed by atoms with van der Waals surface area (Å²) in [5.74, 6) is 0.418. The van der Waals surface area contributed by atoms with Crippen molar-refractivity contribution < 1.29 is 5.11 Å². The number of phenolic OH excluding ortho intramolecular Hbond substituents is 1. The quantitative estimate of drug-likeness (QED) is 0.909. The Morgan fingerprint density at radius 2 is 2.07 bits per heavy atom. The summed E-state index contributed by atoms with van der Waals surface area (Å²) in [6, 6.07) is 3.91. The van der Waals surface area contributed by atoms with Crippen molar-refractivity contribution in [3.63, 3.8) is 0 Å². The number of rotatable bonds is 4. The number of halogens is 1. The average Bonchev–Trinajstić information content (AvgIpc) is 2.13. The van der Waals surface area contributed by atoms with Gasteiger partial charge in [0.05, 0.1) is 0 Å². The van der Waals surface area contributed by atoms with Crippen LogP contribution in [0.5, 0.6) is 5.75 Å². The third kappa shape index (κ3) is 3.50. The first-order valence-corrected chi connectivity index (χ1v) is 6.00. The van der Waals surface area contributed by atoms with Crippen molar-refractivity contribution in [2.45, 2.75) is 26.8 Å². The van der Waals surface area contributed by atoms with Crippen molar-refractivity contribution in [2.24, 2.45) is 0 Å². The summed E-state index contributed by atoms with van der Waals surface area (Å²) in [6.07, 6.45) is 1.13. The third-order valence-corrected chi connectivity index (χ3v) is 2.85. The first-order chi connectivity index (χ1) is 7.04. The van der Waals surface area contributed by atoms with Crippen molar-refractivity contribution in [1.82, 2.24) is 4.90 Å². The van der Waals surface area contributed by atoms with Crippen LogP contribution in [0.4, 0.5) is 0 Å². The number of phenols is 1. The lowest BCUT2D eigenvalue weighted by Crippen LogP contribution is -2.18. The van der Waals surface area contributed by atoms with E-state index >= 15 is 0 Å². The summed E-state index contributed by atoms with van der Waals surface area (Å²) in [5, 5.41) is 9.89. The van der Waals surface area contributed by atoms with E-state index in [-0.39, 0.29) is 0 Å². The lowest BCUT2D eigenvalue weighted by atomic mass is 10.1. The number of hydrogen-bond acceptors (Lipinski definition) is 2. The van der Waals surface area contributed by atoms with Crippen LogP contribution in [0.1, 0.15) is 24.5 Å². The van der Waals surface area contributed by atoms with Gasteiger partial charge in [0.2, 0.25) is 0 Å². The van der Waals surface area contributed by atoms with Crippen molar-refractivity contribution in [3.05, 3.63) is 27.7 Å². The molecule has 0 aromatic heterocycles. The largest absolute Gasteiger partial charge is 0.507 e. The number of benzene rings is 1. The number of aromatic hydroxyl groups is 1. The monoisotopic (exact) mass is 271 g/mol. The maximum absolute atomic E-state index is 9.89. The summed E-state index contributed by atoms with van der Waals surface area (Å²) < 4.78 is 1.03. The SMILES string of the molecule is CCCN(C)Cc1cc(Br)cc(C)c1O. The van der Waals surface area contributed by atoms with Crippen LogP contribution in [0.25, 0.3) is 0 Å². The van der Waals surface area contributed by atoms with Crippen LogP contribution in [0.3, 0.4) is 0 Å². The zero-order valence-electron chi connectivity index (χ0n) is 9.55. The lowest BCUT2D eigenvalue weighted by Gasteiger charge is -2.17. The second-order valence-electron chi connectivity index (χ2n) is 3.97. The molecule has 0 saturated heterocycles. The fourth-order valence-corrected chi connectivity index (χ4v) is 2.30. The van der Waals surface area contributed by atoms with Crippen molar-refractivity contribution >= 4 is 15.9 Å². The van der Waals surface area contributed by atoms with Crippen LogP contribution in [-0.4, -0.2) is 23.6 Å². The highest BCUT2D eigenvalue weighted by Gasteiger charge is 2.08. The van der Waals surface area contributed by atoms with E-state index in [9.17, 15) is 5.11 Å². The van der Waals surface area contributed by atoms with Gasteiger partial charge in [-0.3, -0.25) is 0 Å². The Morgan fingerprint density at radius 1 is 1.40 bits per heavy atom. The molecule has 1 aromatic carbocycles. The van der Waals surface area contributed by atoms with Crippen molar-refractivity contribution in [1.29, 1.82) is 0 Å². The van der Waals surface area contributed by atoms with Crippen LogP contribution in [0.15, 0.2) is 16.6 Å². The van der Waals surface area contributed by atoms with E-state index in [0.29, 0.717) is 5.75 Å². The Labute approximate surface area is 100 Å². The van der Waals surface area contributed by atoms with Crippen molar-refractivity contribution in [2.75, 3.05) is 13.6 Å². The van der Waals surface area contributed by atoms with Crippen LogP contribution < -0.4 is 0 Å². The van der Waals surface area contributed by atoms with Gasteiger partial charge in [-0.05, 0) is 44.6 Å². The van der Waals surface area contributed by atoms with Gasteiger partial charge in [0.25, 0.3) is 0 Å². The first kappa shape index (κ1) is 12.5. The molecule has 1 aromatic rings. The maximum Gasteiger partial charge on any atom is 0.123 e. The second kappa shape index (κ2) is 5.52. The molecule has 0 aliphatic carbocycles. The Hall–Kier alpha value is -0.540. The summed E-state index contributed by atoms with van der Waals surface area (Å²) in [5.41, 5.74) is 1.90. The molecule has 0 aliphatic heterocycles. The highest BCUT2D eigenvalue weighted by Crippen LogP contribution is 2.27. The molecule has 0 bridgehead atoms. The molecule has 3 heteroatoms. The Morgan fingerprint density at radius 3 is 2.67 bits per heavy atom. The zero-order valence-corrected chi connectivity index (χ0v) is 11.1. The Kier molecular flexibility index (Phi) is 4.61. The summed E-state index contributed by atoms with van der Waals surface area (Å²) in [7, 11) is 2.07. The fraction of sp³-hybridized carbons (Fsp3) is 0.500. The molecule has 1 N–H and O–H groups in total. The molecule has 0 fully saturated rings. The van der Waals surface area contributed by atoms with Gasteiger partial charge in [0.15, 0.2) is 0 Å². The van der Waals surface area contributed by atoms with Crippen LogP contribution in [0.2, 0.25) is 0 Å². The normalized spacial score (nSPS) is 11.0.